The Morgan fingerprint density at radius 3 is 2.65 bits per heavy atom. The number of carbonyl (C=O) groups excluding carboxylic acids is 1. The first-order valence-corrected chi connectivity index (χ1v) is 11.3. The second-order valence-corrected chi connectivity index (χ2v) is 8.29. The number of nitriles is 1. The molecule has 0 aliphatic heterocycles. The minimum absolute atomic E-state index is 0.0516. The first-order chi connectivity index (χ1) is 16.3. The molecule has 0 unspecified atom stereocenters. The van der Waals surface area contributed by atoms with Gasteiger partial charge in [0, 0.05) is 6.54 Å². The van der Waals surface area contributed by atoms with Gasteiger partial charge in [0.2, 0.25) is 5.91 Å². The maximum Gasteiger partial charge on any atom is 0.416 e. The van der Waals surface area contributed by atoms with Gasteiger partial charge in [-0.05, 0) is 36.8 Å². The molecule has 4 aromatic rings. The largest absolute Gasteiger partial charge is 0.416 e. The molecule has 0 saturated carbocycles. The van der Waals surface area contributed by atoms with Crippen molar-refractivity contribution in [3.63, 3.8) is 0 Å². The standard InChI is InChI=1S/C23H19F3N6OS/c1-2-10-31-19-11-16(23(24,25)26)8-9-18(19)29-22(31)34-14-20(33)30-21-15(12-27)13-28-32(21)17-6-4-3-5-7-17/h3-9,11,13H,2,10,14H2,1H3,(H,30,33). The molecule has 0 aliphatic rings. The Hall–Kier alpha value is -3.78. The summed E-state index contributed by atoms with van der Waals surface area (Å²) in [6.07, 6.45) is -2.40. The van der Waals surface area contributed by atoms with E-state index in [-0.39, 0.29) is 17.1 Å². The highest BCUT2D eigenvalue weighted by atomic mass is 32.2. The third kappa shape index (κ3) is 4.77. The lowest BCUT2D eigenvalue weighted by Crippen LogP contribution is -2.18. The molecule has 2 aromatic heterocycles. The number of hydrogen-bond donors (Lipinski definition) is 1. The molecule has 174 valence electrons. The first kappa shape index (κ1) is 23.4. The fourth-order valence-corrected chi connectivity index (χ4v) is 4.28. The molecule has 0 radical (unpaired) electrons. The predicted molar refractivity (Wildman–Crippen MR) is 123 cm³/mol. The summed E-state index contributed by atoms with van der Waals surface area (Å²) in [5.74, 6) is -0.203. The number of alkyl halides is 3. The van der Waals surface area contributed by atoms with Crippen LogP contribution in [0.5, 0.6) is 0 Å². The van der Waals surface area contributed by atoms with Crippen molar-refractivity contribution in [2.75, 3.05) is 11.1 Å². The van der Waals surface area contributed by atoms with Crippen LogP contribution in [0, 0.1) is 11.3 Å². The number of imidazole rings is 1. The molecule has 11 heteroatoms. The van der Waals surface area contributed by atoms with E-state index in [0.29, 0.717) is 34.8 Å². The summed E-state index contributed by atoms with van der Waals surface area (Å²) in [7, 11) is 0. The van der Waals surface area contributed by atoms with E-state index in [1.807, 2.05) is 31.2 Å². The zero-order valence-electron chi connectivity index (χ0n) is 18.0. The van der Waals surface area contributed by atoms with Crippen molar-refractivity contribution in [3.05, 3.63) is 65.9 Å². The summed E-state index contributed by atoms with van der Waals surface area (Å²) < 4.78 is 42.7. The second-order valence-electron chi connectivity index (χ2n) is 7.35. The quantitative estimate of drug-likeness (QED) is 0.362. The Balaban J connectivity index is 1.56. The Kier molecular flexibility index (Phi) is 6.61. The van der Waals surface area contributed by atoms with E-state index in [9.17, 15) is 23.2 Å². The third-order valence-corrected chi connectivity index (χ3v) is 5.94. The van der Waals surface area contributed by atoms with Crippen molar-refractivity contribution in [3.8, 4) is 11.8 Å². The van der Waals surface area contributed by atoms with Crippen molar-refractivity contribution < 1.29 is 18.0 Å². The van der Waals surface area contributed by atoms with E-state index in [4.69, 9.17) is 0 Å². The van der Waals surface area contributed by atoms with Crippen LogP contribution in [-0.2, 0) is 17.5 Å². The highest BCUT2D eigenvalue weighted by Gasteiger charge is 2.31. The van der Waals surface area contributed by atoms with Crippen LogP contribution in [-0.4, -0.2) is 31.0 Å². The number of thioether (sulfide) groups is 1. The minimum Gasteiger partial charge on any atom is -0.319 e. The topological polar surface area (TPSA) is 88.5 Å². The Labute approximate surface area is 197 Å². The van der Waals surface area contributed by atoms with Crippen LogP contribution >= 0.6 is 11.8 Å². The van der Waals surface area contributed by atoms with Crippen molar-refractivity contribution >= 4 is 34.5 Å². The van der Waals surface area contributed by atoms with Gasteiger partial charge in [-0.15, -0.1) is 0 Å². The van der Waals surface area contributed by atoms with Crippen LogP contribution in [0.3, 0.4) is 0 Å². The van der Waals surface area contributed by atoms with Gasteiger partial charge in [0.1, 0.15) is 11.6 Å². The van der Waals surface area contributed by atoms with Crippen LogP contribution in [0.4, 0.5) is 19.0 Å². The summed E-state index contributed by atoms with van der Waals surface area (Å²) >= 11 is 1.12. The van der Waals surface area contributed by atoms with Crippen LogP contribution in [0.1, 0.15) is 24.5 Å². The molecular weight excluding hydrogens is 465 g/mol. The fraction of sp³-hybridized carbons (Fsp3) is 0.217. The maximum atomic E-state index is 13.2. The molecule has 34 heavy (non-hydrogen) atoms. The molecule has 0 fully saturated rings. The van der Waals surface area contributed by atoms with E-state index >= 15 is 0 Å². The molecule has 0 saturated heterocycles. The average Bonchev–Trinajstić information content (AvgIpc) is 3.38. The molecule has 7 nitrogen and oxygen atoms in total. The Morgan fingerprint density at radius 1 is 1.21 bits per heavy atom. The molecular formula is C23H19F3N6OS. The van der Waals surface area contributed by atoms with Crippen molar-refractivity contribution in [2.24, 2.45) is 0 Å². The van der Waals surface area contributed by atoms with Gasteiger partial charge in [0.15, 0.2) is 11.0 Å². The lowest BCUT2D eigenvalue weighted by atomic mass is 10.2. The highest BCUT2D eigenvalue weighted by Crippen LogP contribution is 2.33. The van der Waals surface area contributed by atoms with Crippen molar-refractivity contribution in [1.29, 1.82) is 5.26 Å². The number of aryl methyl sites for hydroxylation is 1. The molecule has 0 aliphatic carbocycles. The van der Waals surface area contributed by atoms with E-state index in [1.165, 1.54) is 16.9 Å². The molecule has 2 heterocycles. The van der Waals surface area contributed by atoms with Crippen LogP contribution in [0.25, 0.3) is 16.7 Å². The lowest BCUT2D eigenvalue weighted by molar-refractivity contribution is -0.137. The number of benzene rings is 2. The fourth-order valence-electron chi connectivity index (χ4n) is 3.44. The van der Waals surface area contributed by atoms with Crippen LogP contribution in [0.15, 0.2) is 59.9 Å². The maximum absolute atomic E-state index is 13.2. The van der Waals surface area contributed by atoms with Gasteiger partial charge < -0.3 is 9.88 Å². The summed E-state index contributed by atoms with van der Waals surface area (Å²) in [5, 5.41) is 16.8. The van der Waals surface area contributed by atoms with Gasteiger partial charge in [-0.2, -0.15) is 23.5 Å². The van der Waals surface area contributed by atoms with Gasteiger partial charge >= 0.3 is 6.18 Å². The number of para-hydroxylation sites is 1. The van der Waals surface area contributed by atoms with E-state index < -0.39 is 17.6 Å². The summed E-state index contributed by atoms with van der Waals surface area (Å²) in [4.78, 5) is 17.2. The predicted octanol–water partition coefficient (Wildman–Crippen LogP) is 5.25. The first-order valence-electron chi connectivity index (χ1n) is 10.4. The van der Waals surface area contributed by atoms with Crippen molar-refractivity contribution in [1.82, 2.24) is 19.3 Å². The number of aromatic nitrogens is 4. The number of nitrogens with zero attached hydrogens (tertiary/aromatic N) is 5. The van der Waals surface area contributed by atoms with E-state index in [0.717, 1.165) is 23.9 Å². The number of carbonyl (C=O) groups is 1. The normalized spacial score (nSPS) is 11.5. The van der Waals surface area contributed by atoms with Gasteiger partial charge in [0.25, 0.3) is 0 Å². The summed E-state index contributed by atoms with van der Waals surface area (Å²) in [5.41, 5.74) is 0.939. The monoisotopic (exact) mass is 484 g/mol. The SMILES string of the molecule is CCCn1c(SCC(=O)Nc2c(C#N)cnn2-c2ccccc2)nc2ccc(C(F)(F)F)cc21. The Bertz CT molecular complexity index is 1370. The highest BCUT2D eigenvalue weighted by molar-refractivity contribution is 7.99. The number of nitrogens with one attached hydrogen (secondary N) is 1. The van der Waals surface area contributed by atoms with E-state index in [1.54, 1.807) is 16.7 Å². The smallest absolute Gasteiger partial charge is 0.319 e. The zero-order chi connectivity index (χ0) is 24.3. The number of rotatable bonds is 7. The molecule has 1 N–H and O–H groups in total. The average molecular weight is 485 g/mol. The number of amides is 1. The molecule has 1 amide bonds. The minimum atomic E-state index is -4.46. The number of fused-ring (bicyclic) bond motifs is 1. The third-order valence-electron chi connectivity index (χ3n) is 4.97. The van der Waals surface area contributed by atoms with E-state index in [2.05, 4.69) is 15.4 Å². The molecule has 0 atom stereocenters. The Morgan fingerprint density at radius 2 is 1.97 bits per heavy atom. The molecule has 2 aromatic carbocycles. The second kappa shape index (κ2) is 9.61. The molecule has 0 bridgehead atoms. The van der Waals surface area contributed by atoms with Gasteiger partial charge in [-0.25, -0.2) is 9.67 Å². The van der Waals surface area contributed by atoms with Crippen LogP contribution in [0.2, 0.25) is 0 Å². The number of halogens is 3. The van der Waals surface area contributed by atoms with Gasteiger partial charge in [-0.1, -0.05) is 36.9 Å². The lowest BCUT2D eigenvalue weighted by Gasteiger charge is -2.11. The number of hydrogen-bond acceptors (Lipinski definition) is 5. The summed E-state index contributed by atoms with van der Waals surface area (Å²) in [6, 6.07) is 14.5. The zero-order valence-corrected chi connectivity index (χ0v) is 18.8. The molecule has 4 rings (SSSR count). The number of anilines is 1. The van der Waals surface area contributed by atoms with Gasteiger partial charge in [-0.3, -0.25) is 4.79 Å². The van der Waals surface area contributed by atoms with Gasteiger partial charge in [0.05, 0.1) is 34.2 Å². The summed E-state index contributed by atoms with van der Waals surface area (Å²) in [6.45, 7) is 2.37. The van der Waals surface area contributed by atoms with Crippen molar-refractivity contribution in [2.45, 2.75) is 31.2 Å². The molecule has 0 spiro atoms. The van der Waals surface area contributed by atoms with Crippen LogP contribution < -0.4 is 5.32 Å².